The van der Waals surface area contributed by atoms with Crippen LogP contribution in [0.3, 0.4) is 0 Å². The van der Waals surface area contributed by atoms with Crippen molar-refractivity contribution < 1.29 is 9.13 Å². The number of nitrogens with zero attached hydrogens (tertiary/aromatic N) is 2. The maximum absolute atomic E-state index is 13.1. The summed E-state index contributed by atoms with van der Waals surface area (Å²) < 4.78 is 18.7. The van der Waals surface area contributed by atoms with Gasteiger partial charge in [-0.3, -0.25) is 0 Å². The second kappa shape index (κ2) is 6.44. The van der Waals surface area contributed by atoms with Crippen molar-refractivity contribution in [2.24, 2.45) is 5.92 Å². The molecule has 1 saturated carbocycles. The van der Waals surface area contributed by atoms with Gasteiger partial charge in [0, 0.05) is 18.8 Å². The van der Waals surface area contributed by atoms with Gasteiger partial charge in [-0.2, -0.15) is 5.26 Å². The number of nitrogens with one attached hydrogen (secondary N) is 1. The van der Waals surface area contributed by atoms with Crippen LogP contribution >= 0.6 is 0 Å². The fraction of sp³-hybridized carbons (Fsp3) is 0.294. The summed E-state index contributed by atoms with van der Waals surface area (Å²) >= 11 is 0. The molecule has 5 heteroatoms. The second-order valence-corrected chi connectivity index (χ2v) is 5.41. The first-order chi connectivity index (χ1) is 10.7. The Morgan fingerprint density at radius 1 is 1.32 bits per heavy atom. The molecule has 22 heavy (non-hydrogen) atoms. The van der Waals surface area contributed by atoms with Gasteiger partial charge in [-0.1, -0.05) is 0 Å². The van der Waals surface area contributed by atoms with Crippen LogP contribution in [0.2, 0.25) is 0 Å². The molecule has 0 bridgehead atoms. The van der Waals surface area contributed by atoms with Gasteiger partial charge >= 0.3 is 0 Å². The SMILES string of the molecule is N#Cc1cc(F)ccc1NCc1ccnc(OCC2CC2)c1. The molecule has 0 saturated heterocycles. The number of rotatable bonds is 6. The van der Waals surface area contributed by atoms with Crippen LogP contribution in [-0.2, 0) is 6.54 Å². The Bertz CT molecular complexity index is 707. The standard InChI is InChI=1S/C17H16FN3O/c18-15-3-4-16(14(8-15)9-19)21-10-13-5-6-20-17(7-13)22-11-12-1-2-12/h3-8,12,21H,1-2,10-11H2. The molecule has 0 aliphatic heterocycles. The molecule has 1 aromatic heterocycles. The molecule has 1 aliphatic rings. The van der Waals surface area contributed by atoms with Crippen molar-refractivity contribution in [3.8, 4) is 11.9 Å². The molecular formula is C17H16FN3O. The van der Waals surface area contributed by atoms with Crippen LogP contribution in [0.1, 0.15) is 24.0 Å². The minimum atomic E-state index is -0.415. The Morgan fingerprint density at radius 3 is 2.95 bits per heavy atom. The summed E-state index contributed by atoms with van der Waals surface area (Å²) in [6.45, 7) is 1.24. The lowest BCUT2D eigenvalue weighted by Crippen LogP contribution is -2.04. The maximum atomic E-state index is 13.1. The number of pyridine rings is 1. The van der Waals surface area contributed by atoms with E-state index in [-0.39, 0.29) is 0 Å². The van der Waals surface area contributed by atoms with E-state index in [0.29, 0.717) is 29.6 Å². The maximum Gasteiger partial charge on any atom is 0.213 e. The van der Waals surface area contributed by atoms with Crippen LogP contribution in [-0.4, -0.2) is 11.6 Å². The molecule has 0 amide bonds. The first-order valence-corrected chi connectivity index (χ1v) is 7.26. The molecule has 0 radical (unpaired) electrons. The topological polar surface area (TPSA) is 57.9 Å². The van der Waals surface area contributed by atoms with Gasteiger partial charge in [-0.05, 0) is 48.6 Å². The number of benzene rings is 1. The number of aromatic nitrogens is 1. The van der Waals surface area contributed by atoms with Gasteiger partial charge in [-0.15, -0.1) is 0 Å². The third-order valence-corrected chi connectivity index (χ3v) is 3.55. The zero-order valence-corrected chi connectivity index (χ0v) is 12.1. The first-order valence-electron chi connectivity index (χ1n) is 7.26. The lowest BCUT2D eigenvalue weighted by molar-refractivity contribution is 0.288. The number of halogens is 1. The van der Waals surface area contributed by atoms with Gasteiger partial charge in [0.2, 0.25) is 5.88 Å². The summed E-state index contributed by atoms with van der Waals surface area (Å²) in [5, 5.41) is 12.2. The van der Waals surface area contributed by atoms with E-state index in [1.807, 2.05) is 18.2 Å². The third kappa shape index (κ3) is 3.73. The third-order valence-electron chi connectivity index (χ3n) is 3.55. The van der Waals surface area contributed by atoms with Gasteiger partial charge in [-0.25, -0.2) is 9.37 Å². The van der Waals surface area contributed by atoms with Crippen molar-refractivity contribution in [2.45, 2.75) is 19.4 Å². The number of hydrogen-bond donors (Lipinski definition) is 1. The highest BCUT2D eigenvalue weighted by Gasteiger charge is 2.22. The van der Waals surface area contributed by atoms with Crippen LogP contribution < -0.4 is 10.1 Å². The van der Waals surface area contributed by atoms with Crippen molar-refractivity contribution in [1.29, 1.82) is 5.26 Å². The zero-order chi connectivity index (χ0) is 15.4. The van der Waals surface area contributed by atoms with E-state index in [9.17, 15) is 4.39 Å². The highest BCUT2D eigenvalue weighted by atomic mass is 19.1. The predicted octanol–water partition coefficient (Wildman–Crippen LogP) is 3.49. The van der Waals surface area contributed by atoms with E-state index in [1.165, 1.54) is 25.0 Å². The number of anilines is 1. The zero-order valence-electron chi connectivity index (χ0n) is 12.1. The quantitative estimate of drug-likeness (QED) is 0.886. The summed E-state index contributed by atoms with van der Waals surface area (Å²) in [5.74, 6) is 0.883. The van der Waals surface area contributed by atoms with E-state index < -0.39 is 5.82 Å². The average Bonchev–Trinajstić information content (AvgIpc) is 3.36. The molecule has 0 atom stereocenters. The van der Waals surface area contributed by atoms with Crippen molar-refractivity contribution in [3.05, 3.63) is 53.5 Å². The molecule has 1 aliphatic carbocycles. The van der Waals surface area contributed by atoms with Crippen molar-refractivity contribution in [3.63, 3.8) is 0 Å². The number of ether oxygens (including phenoxy) is 1. The molecule has 1 heterocycles. The van der Waals surface area contributed by atoms with Crippen molar-refractivity contribution >= 4 is 5.69 Å². The van der Waals surface area contributed by atoms with Crippen molar-refractivity contribution in [1.82, 2.24) is 4.98 Å². The summed E-state index contributed by atoms with van der Waals surface area (Å²) in [6.07, 6.45) is 4.18. The van der Waals surface area contributed by atoms with Crippen LogP contribution in [0.4, 0.5) is 10.1 Å². The second-order valence-electron chi connectivity index (χ2n) is 5.41. The smallest absolute Gasteiger partial charge is 0.213 e. The normalized spacial score (nSPS) is 13.5. The van der Waals surface area contributed by atoms with Gasteiger partial charge < -0.3 is 10.1 Å². The molecule has 112 valence electrons. The Balaban J connectivity index is 1.63. The van der Waals surface area contributed by atoms with E-state index in [2.05, 4.69) is 10.3 Å². The number of nitriles is 1. The largest absolute Gasteiger partial charge is 0.477 e. The summed E-state index contributed by atoms with van der Waals surface area (Å²) in [7, 11) is 0. The summed E-state index contributed by atoms with van der Waals surface area (Å²) in [4.78, 5) is 4.19. The summed E-state index contributed by atoms with van der Waals surface area (Å²) in [6, 6.07) is 9.87. The Hall–Kier alpha value is -2.61. The Labute approximate surface area is 128 Å². The van der Waals surface area contributed by atoms with Crippen LogP contribution in [0.15, 0.2) is 36.5 Å². The fourth-order valence-electron chi connectivity index (χ4n) is 2.09. The molecule has 0 unspecified atom stereocenters. The molecular weight excluding hydrogens is 281 g/mol. The van der Waals surface area contributed by atoms with Crippen LogP contribution in [0.25, 0.3) is 0 Å². The molecule has 1 aromatic carbocycles. The fourth-order valence-corrected chi connectivity index (χ4v) is 2.09. The van der Waals surface area contributed by atoms with Gasteiger partial charge in [0.05, 0.1) is 17.9 Å². The Morgan fingerprint density at radius 2 is 2.18 bits per heavy atom. The highest BCUT2D eigenvalue weighted by molar-refractivity contribution is 5.57. The minimum Gasteiger partial charge on any atom is -0.477 e. The summed E-state index contributed by atoms with van der Waals surface area (Å²) in [5.41, 5.74) is 1.90. The molecule has 2 aromatic rings. The molecule has 1 fully saturated rings. The van der Waals surface area contributed by atoms with Gasteiger partial charge in [0.25, 0.3) is 0 Å². The first kappa shape index (κ1) is 14.3. The minimum absolute atomic E-state index is 0.291. The van der Waals surface area contributed by atoms with E-state index in [1.54, 1.807) is 12.3 Å². The van der Waals surface area contributed by atoms with Crippen LogP contribution in [0, 0.1) is 23.1 Å². The Kier molecular flexibility index (Phi) is 4.19. The monoisotopic (exact) mass is 297 g/mol. The van der Waals surface area contributed by atoms with Gasteiger partial charge in [0.15, 0.2) is 0 Å². The average molecular weight is 297 g/mol. The molecule has 4 nitrogen and oxygen atoms in total. The van der Waals surface area contributed by atoms with E-state index in [4.69, 9.17) is 10.00 Å². The van der Waals surface area contributed by atoms with E-state index >= 15 is 0 Å². The van der Waals surface area contributed by atoms with Gasteiger partial charge in [0.1, 0.15) is 11.9 Å². The lowest BCUT2D eigenvalue weighted by Gasteiger charge is -2.10. The van der Waals surface area contributed by atoms with Crippen LogP contribution in [0.5, 0.6) is 5.88 Å². The lowest BCUT2D eigenvalue weighted by atomic mass is 10.2. The highest BCUT2D eigenvalue weighted by Crippen LogP contribution is 2.29. The molecule has 3 rings (SSSR count). The molecule has 0 spiro atoms. The predicted molar refractivity (Wildman–Crippen MR) is 80.9 cm³/mol. The number of hydrogen-bond acceptors (Lipinski definition) is 4. The van der Waals surface area contributed by atoms with E-state index in [0.717, 1.165) is 12.2 Å². The van der Waals surface area contributed by atoms with Crippen molar-refractivity contribution in [2.75, 3.05) is 11.9 Å². The molecule has 1 N–H and O–H groups in total.